The van der Waals surface area contributed by atoms with Crippen LogP contribution in [-0.2, 0) is 19.6 Å². The molecule has 2 N–H and O–H groups in total. The van der Waals surface area contributed by atoms with E-state index in [0.717, 1.165) is 0 Å². The Labute approximate surface area is 163 Å². The lowest BCUT2D eigenvalue weighted by atomic mass is 10.3. The first-order chi connectivity index (χ1) is 13.3. The molecule has 2 aromatic carbocycles. The number of carbonyl (C=O) groups is 2. The average Bonchev–Trinajstić information content (AvgIpc) is 3.01. The highest BCUT2D eigenvalue weighted by atomic mass is 32.2. The molecule has 0 aliphatic carbocycles. The number of sulfonamides is 1. The summed E-state index contributed by atoms with van der Waals surface area (Å²) < 4.78 is 32.9. The lowest BCUT2D eigenvalue weighted by Gasteiger charge is -2.17. The van der Waals surface area contributed by atoms with E-state index in [1.165, 1.54) is 31.2 Å². The van der Waals surface area contributed by atoms with Crippen molar-refractivity contribution in [2.45, 2.75) is 24.3 Å². The molecule has 2 amide bonds. The Balaban J connectivity index is 1.69. The van der Waals surface area contributed by atoms with E-state index in [4.69, 9.17) is 4.74 Å². The highest BCUT2D eigenvalue weighted by Gasteiger charge is 2.33. The van der Waals surface area contributed by atoms with E-state index >= 15 is 0 Å². The van der Waals surface area contributed by atoms with Crippen molar-refractivity contribution in [3.05, 3.63) is 48.5 Å². The number of amides is 2. The van der Waals surface area contributed by atoms with E-state index in [-0.39, 0.29) is 29.7 Å². The lowest BCUT2D eigenvalue weighted by Crippen LogP contribution is -2.37. The molecule has 0 aromatic heterocycles. The van der Waals surface area contributed by atoms with Crippen molar-refractivity contribution in [1.82, 2.24) is 4.72 Å². The minimum Gasteiger partial charge on any atom is -0.497 e. The fourth-order valence-corrected chi connectivity index (χ4v) is 4.23. The molecule has 1 aliphatic heterocycles. The molecule has 0 radical (unpaired) electrons. The maximum absolute atomic E-state index is 12.6. The van der Waals surface area contributed by atoms with Crippen molar-refractivity contribution < 1.29 is 22.7 Å². The number of nitrogens with zero attached hydrogens (tertiary/aromatic N) is 1. The van der Waals surface area contributed by atoms with Crippen molar-refractivity contribution in [2.24, 2.45) is 0 Å². The fraction of sp³-hybridized carbons (Fsp3) is 0.263. The van der Waals surface area contributed by atoms with Crippen LogP contribution in [0.3, 0.4) is 0 Å². The molecule has 2 aromatic rings. The molecule has 3 rings (SSSR count). The number of methoxy groups -OCH3 is 1. The van der Waals surface area contributed by atoms with Crippen molar-refractivity contribution in [1.29, 1.82) is 0 Å². The quantitative estimate of drug-likeness (QED) is 0.764. The second-order valence-corrected chi connectivity index (χ2v) is 8.14. The number of anilines is 2. The third kappa shape index (κ3) is 4.49. The second-order valence-electron chi connectivity index (χ2n) is 6.43. The zero-order valence-corrected chi connectivity index (χ0v) is 16.3. The van der Waals surface area contributed by atoms with Crippen LogP contribution in [0.2, 0.25) is 0 Å². The molecule has 148 valence electrons. The van der Waals surface area contributed by atoms with Gasteiger partial charge in [0.05, 0.1) is 12.0 Å². The average molecular weight is 403 g/mol. The number of carbonyl (C=O) groups excluding carboxylic acids is 2. The maximum atomic E-state index is 12.6. The van der Waals surface area contributed by atoms with Gasteiger partial charge in [-0.1, -0.05) is 0 Å². The topological polar surface area (TPSA) is 105 Å². The summed E-state index contributed by atoms with van der Waals surface area (Å²) in [5.74, 6) is 0.283. The molecule has 0 bridgehead atoms. The van der Waals surface area contributed by atoms with E-state index in [9.17, 15) is 18.0 Å². The smallest absolute Gasteiger partial charge is 0.240 e. The van der Waals surface area contributed by atoms with E-state index in [2.05, 4.69) is 10.0 Å². The van der Waals surface area contributed by atoms with E-state index in [1.807, 2.05) is 0 Å². The van der Waals surface area contributed by atoms with Crippen LogP contribution in [0, 0.1) is 0 Å². The summed E-state index contributed by atoms with van der Waals surface area (Å²) in [5, 5.41) is 2.58. The monoisotopic (exact) mass is 403 g/mol. The van der Waals surface area contributed by atoms with Gasteiger partial charge in [0, 0.05) is 37.3 Å². The van der Waals surface area contributed by atoms with Gasteiger partial charge in [0.2, 0.25) is 21.8 Å². The van der Waals surface area contributed by atoms with E-state index < -0.39 is 16.1 Å². The van der Waals surface area contributed by atoms with Crippen LogP contribution in [0.5, 0.6) is 5.75 Å². The highest BCUT2D eigenvalue weighted by molar-refractivity contribution is 7.89. The summed E-state index contributed by atoms with van der Waals surface area (Å²) in [6.07, 6.45) is 0.0786. The molecule has 0 unspecified atom stereocenters. The van der Waals surface area contributed by atoms with Gasteiger partial charge in [-0.15, -0.1) is 0 Å². The predicted octanol–water partition coefficient (Wildman–Crippen LogP) is 1.74. The van der Waals surface area contributed by atoms with Crippen LogP contribution in [-0.4, -0.2) is 39.9 Å². The van der Waals surface area contributed by atoms with Crippen molar-refractivity contribution >= 4 is 33.2 Å². The number of hydrogen-bond donors (Lipinski definition) is 2. The molecule has 1 saturated heterocycles. The van der Waals surface area contributed by atoms with E-state index in [0.29, 0.717) is 17.1 Å². The van der Waals surface area contributed by atoms with Crippen LogP contribution >= 0.6 is 0 Å². The van der Waals surface area contributed by atoms with Crippen LogP contribution in [0.15, 0.2) is 53.4 Å². The third-order valence-corrected chi connectivity index (χ3v) is 5.85. The number of benzene rings is 2. The first kappa shape index (κ1) is 19.8. The van der Waals surface area contributed by atoms with Crippen LogP contribution in [0.4, 0.5) is 11.4 Å². The second kappa shape index (κ2) is 7.99. The summed E-state index contributed by atoms with van der Waals surface area (Å²) in [4.78, 5) is 25.0. The lowest BCUT2D eigenvalue weighted by molar-refractivity contribution is -0.117. The SMILES string of the molecule is COc1ccc(N2C[C@H](NS(=O)(=O)c3ccc(NC(C)=O)cc3)CC2=O)cc1. The molecule has 1 atom stereocenters. The molecule has 1 heterocycles. The summed E-state index contributed by atoms with van der Waals surface area (Å²) in [7, 11) is -2.23. The fourth-order valence-electron chi connectivity index (χ4n) is 3.01. The van der Waals surface area contributed by atoms with Gasteiger partial charge in [0.1, 0.15) is 5.75 Å². The van der Waals surface area contributed by atoms with Gasteiger partial charge in [0.25, 0.3) is 0 Å². The minimum atomic E-state index is -3.79. The van der Waals surface area contributed by atoms with Gasteiger partial charge in [-0.25, -0.2) is 13.1 Å². The summed E-state index contributed by atoms with van der Waals surface area (Å²) in [5.41, 5.74) is 1.19. The Morgan fingerprint density at radius 3 is 2.32 bits per heavy atom. The minimum absolute atomic E-state index is 0.0666. The van der Waals surface area contributed by atoms with Crippen LogP contribution < -0.4 is 19.7 Å². The van der Waals surface area contributed by atoms with Crippen molar-refractivity contribution in [2.75, 3.05) is 23.9 Å². The first-order valence-corrected chi connectivity index (χ1v) is 10.1. The van der Waals surface area contributed by atoms with Gasteiger partial charge in [-0.2, -0.15) is 0 Å². The van der Waals surface area contributed by atoms with Crippen molar-refractivity contribution in [3.63, 3.8) is 0 Å². The zero-order chi connectivity index (χ0) is 20.3. The van der Waals surface area contributed by atoms with Gasteiger partial charge in [0.15, 0.2) is 0 Å². The number of ether oxygens (including phenoxy) is 1. The normalized spacial score (nSPS) is 16.9. The number of hydrogen-bond acceptors (Lipinski definition) is 5. The van der Waals surface area contributed by atoms with E-state index in [1.54, 1.807) is 36.3 Å². The summed E-state index contributed by atoms with van der Waals surface area (Å²) in [6, 6.07) is 12.3. The highest BCUT2D eigenvalue weighted by Crippen LogP contribution is 2.25. The van der Waals surface area contributed by atoms with Crippen molar-refractivity contribution in [3.8, 4) is 5.75 Å². The predicted molar refractivity (Wildman–Crippen MR) is 105 cm³/mol. The Hall–Kier alpha value is -2.91. The molecule has 0 saturated carbocycles. The maximum Gasteiger partial charge on any atom is 0.240 e. The largest absolute Gasteiger partial charge is 0.497 e. The van der Waals surface area contributed by atoms with Gasteiger partial charge in [-0.3, -0.25) is 9.59 Å². The molecule has 9 heteroatoms. The molecule has 0 spiro atoms. The third-order valence-electron chi connectivity index (χ3n) is 4.32. The zero-order valence-electron chi connectivity index (χ0n) is 15.5. The summed E-state index contributed by atoms with van der Waals surface area (Å²) >= 11 is 0. The standard InChI is InChI=1S/C19H21N3O5S/c1-13(23)20-14-3-9-18(10-4-14)28(25,26)21-15-11-19(24)22(12-15)16-5-7-17(27-2)8-6-16/h3-10,15,21H,11-12H2,1-2H3,(H,20,23)/t15-/m1/s1. The molecule has 1 aliphatic rings. The molecule has 28 heavy (non-hydrogen) atoms. The molecular formula is C19H21N3O5S. The van der Waals surface area contributed by atoms with Crippen LogP contribution in [0.25, 0.3) is 0 Å². The molecule has 8 nitrogen and oxygen atoms in total. The van der Waals surface area contributed by atoms with Gasteiger partial charge in [-0.05, 0) is 48.5 Å². The Morgan fingerprint density at radius 2 is 1.75 bits per heavy atom. The van der Waals surface area contributed by atoms with Gasteiger partial charge >= 0.3 is 0 Å². The Morgan fingerprint density at radius 1 is 1.11 bits per heavy atom. The molecule has 1 fully saturated rings. The molecular weight excluding hydrogens is 382 g/mol. The van der Waals surface area contributed by atoms with Gasteiger partial charge < -0.3 is 15.0 Å². The number of rotatable bonds is 6. The van der Waals surface area contributed by atoms with Crippen LogP contribution in [0.1, 0.15) is 13.3 Å². The summed E-state index contributed by atoms with van der Waals surface area (Å²) in [6.45, 7) is 1.62. The number of nitrogens with one attached hydrogen (secondary N) is 2. The Kier molecular flexibility index (Phi) is 5.66. The first-order valence-electron chi connectivity index (χ1n) is 8.63. The Bertz CT molecular complexity index is 972.